The molecule has 1 aromatic carbocycles. The quantitative estimate of drug-likeness (QED) is 0.840. The summed E-state index contributed by atoms with van der Waals surface area (Å²) in [6.07, 6.45) is 5.37. The molecule has 0 aromatic heterocycles. The summed E-state index contributed by atoms with van der Waals surface area (Å²) in [4.78, 5) is 19.7. The Kier molecular flexibility index (Phi) is 6.49. The van der Waals surface area contributed by atoms with Gasteiger partial charge in [0.1, 0.15) is 0 Å². The van der Waals surface area contributed by atoms with Gasteiger partial charge in [-0.3, -0.25) is 14.6 Å². The second-order valence-corrected chi connectivity index (χ2v) is 7.81. The average molecular weight is 344 g/mol. The minimum atomic E-state index is 0.185. The van der Waals surface area contributed by atoms with Gasteiger partial charge in [-0.1, -0.05) is 25.0 Å². The van der Waals surface area contributed by atoms with Gasteiger partial charge in [-0.05, 0) is 57.5 Å². The van der Waals surface area contributed by atoms with Crippen LogP contribution in [-0.2, 0) is 6.54 Å². The molecule has 4 heteroatoms. The highest BCUT2D eigenvalue weighted by atomic mass is 16.2. The molecule has 2 saturated heterocycles. The van der Waals surface area contributed by atoms with Crippen LogP contribution < -0.4 is 0 Å². The fourth-order valence-electron chi connectivity index (χ4n) is 3.93. The highest BCUT2D eigenvalue weighted by Crippen LogP contribution is 2.15. The molecule has 0 bridgehead atoms. The first kappa shape index (κ1) is 18.4. The first-order valence-electron chi connectivity index (χ1n) is 9.98. The number of carbonyl (C=O) groups excluding carboxylic acids is 1. The summed E-state index contributed by atoms with van der Waals surface area (Å²) in [6, 6.07) is 8.88. The van der Waals surface area contributed by atoms with Crippen molar-refractivity contribution in [2.45, 2.75) is 52.1 Å². The van der Waals surface area contributed by atoms with Crippen molar-refractivity contribution in [2.24, 2.45) is 0 Å². The van der Waals surface area contributed by atoms with Gasteiger partial charge in [0.2, 0.25) is 0 Å². The van der Waals surface area contributed by atoms with Crippen LogP contribution in [0.4, 0.5) is 0 Å². The van der Waals surface area contributed by atoms with E-state index in [9.17, 15) is 4.79 Å². The fourth-order valence-corrected chi connectivity index (χ4v) is 3.93. The van der Waals surface area contributed by atoms with E-state index in [1.54, 1.807) is 0 Å². The molecule has 25 heavy (non-hydrogen) atoms. The number of likely N-dealkylation sites (tertiary alicyclic amines) is 1. The molecule has 0 radical (unpaired) electrons. The molecule has 2 heterocycles. The minimum absolute atomic E-state index is 0.185. The summed E-state index contributed by atoms with van der Waals surface area (Å²) in [5.74, 6) is 0.185. The molecule has 0 unspecified atom stereocenters. The zero-order valence-electron chi connectivity index (χ0n) is 15.9. The molecular formula is C21H33N3O. The van der Waals surface area contributed by atoms with Gasteiger partial charge in [0.25, 0.3) is 5.91 Å². The number of benzene rings is 1. The molecule has 2 fully saturated rings. The summed E-state index contributed by atoms with van der Waals surface area (Å²) in [7, 11) is 0. The topological polar surface area (TPSA) is 26.8 Å². The van der Waals surface area contributed by atoms with Crippen LogP contribution in [0.5, 0.6) is 0 Å². The summed E-state index contributed by atoms with van der Waals surface area (Å²) in [6.45, 7) is 11.5. The predicted molar refractivity (Wildman–Crippen MR) is 103 cm³/mol. The standard InChI is InChI=1S/C21H33N3O/c1-18(2)23-13-15-24(16-14-23)21(25)20-9-7-19(8-10-20)17-22-11-5-3-4-6-12-22/h7-10,18H,3-6,11-17H2,1-2H3. The average Bonchev–Trinajstić information content (AvgIpc) is 2.90. The number of hydrogen-bond acceptors (Lipinski definition) is 3. The predicted octanol–water partition coefficient (Wildman–Crippen LogP) is 3.23. The summed E-state index contributed by atoms with van der Waals surface area (Å²) in [5, 5.41) is 0. The SMILES string of the molecule is CC(C)N1CCN(C(=O)c2ccc(CN3CCCCCC3)cc2)CC1. The molecule has 2 aliphatic rings. The first-order chi connectivity index (χ1) is 12.1. The second-order valence-electron chi connectivity index (χ2n) is 7.81. The lowest BCUT2D eigenvalue weighted by atomic mass is 10.1. The van der Waals surface area contributed by atoms with Crippen molar-refractivity contribution in [2.75, 3.05) is 39.3 Å². The van der Waals surface area contributed by atoms with Crippen LogP contribution >= 0.6 is 0 Å². The molecule has 0 spiro atoms. The van der Waals surface area contributed by atoms with Crippen molar-refractivity contribution >= 4 is 5.91 Å². The maximum Gasteiger partial charge on any atom is 0.253 e. The first-order valence-corrected chi connectivity index (χ1v) is 9.98. The minimum Gasteiger partial charge on any atom is -0.336 e. The Labute approximate surface area is 152 Å². The highest BCUT2D eigenvalue weighted by Gasteiger charge is 2.23. The highest BCUT2D eigenvalue weighted by molar-refractivity contribution is 5.94. The Bertz CT molecular complexity index is 539. The molecule has 0 aliphatic carbocycles. The molecule has 0 atom stereocenters. The lowest BCUT2D eigenvalue weighted by Crippen LogP contribution is -2.50. The van der Waals surface area contributed by atoms with E-state index >= 15 is 0 Å². The van der Waals surface area contributed by atoms with Crippen molar-refractivity contribution in [3.8, 4) is 0 Å². The van der Waals surface area contributed by atoms with Gasteiger partial charge in [-0.2, -0.15) is 0 Å². The van der Waals surface area contributed by atoms with Crippen LogP contribution in [0.2, 0.25) is 0 Å². The number of piperazine rings is 1. The van der Waals surface area contributed by atoms with Crippen molar-refractivity contribution in [3.63, 3.8) is 0 Å². The van der Waals surface area contributed by atoms with Crippen LogP contribution in [0.25, 0.3) is 0 Å². The molecule has 138 valence electrons. The number of hydrogen-bond donors (Lipinski definition) is 0. The Hall–Kier alpha value is -1.39. The van der Waals surface area contributed by atoms with Crippen molar-refractivity contribution in [1.82, 2.24) is 14.7 Å². The Morgan fingerprint density at radius 1 is 0.880 bits per heavy atom. The third kappa shape index (κ3) is 5.05. The molecule has 0 saturated carbocycles. The second kappa shape index (κ2) is 8.81. The molecular weight excluding hydrogens is 310 g/mol. The number of amides is 1. The summed E-state index contributed by atoms with van der Waals surface area (Å²) in [5.41, 5.74) is 2.15. The van der Waals surface area contributed by atoms with E-state index in [1.807, 2.05) is 17.0 Å². The van der Waals surface area contributed by atoms with E-state index in [2.05, 4.69) is 35.8 Å². The van der Waals surface area contributed by atoms with E-state index in [0.29, 0.717) is 6.04 Å². The molecule has 1 aromatic rings. The van der Waals surface area contributed by atoms with E-state index in [-0.39, 0.29) is 5.91 Å². The Morgan fingerprint density at radius 3 is 2.04 bits per heavy atom. The zero-order chi connectivity index (χ0) is 17.6. The van der Waals surface area contributed by atoms with Crippen LogP contribution in [0, 0.1) is 0 Å². The molecule has 0 N–H and O–H groups in total. The van der Waals surface area contributed by atoms with Gasteiger partial charge < -0.3 is 4.90 Å². The van der Waals surface area contributed by atoms with Gasteiger partial charge in [-0.25, -0.2) is 0 Å². The molecule has 2 aliphatic heterocycles. The number of nitrogens with zero attached hydrogens (tertiary/aromatic N) is 3. The third-order valence-corrected chi connectivity index (χ3v) is 5.64. The zero-order valence-corrected chi connectivity index (χ0v) is 15.9. The van der Waals surface area contributed by atoms with Crippen LogP contribution in [0.15, 0.2) is 24.3 Å². The lowest BCUT2D eigenvalue weighted by molar-refractivity contribution is 0.0595. The fraction of sp³-hybridized carbons (Fsp3) is 0.667. The summed E-state index contributed by atoms with van der Waals surface area (Å²) >= 11 is 0. The van der Waals surface area contributed by atoms with E-state index in [1.165, 1.54) is 44.3 Å². The van der Waals surface area contributed by atoms with Crippen molar-refractivity contribution in [1.29, 1.82) is 0 Å². The van der Waals surface area contributed by atoms with Gasteiger partial charge in [0.15, 0.2) is 0 Å². The molecule has 4 nitrogen and oxygen atoms in total. The number of rotatable bonds is 4. The Balaban J connectivity index is 1.54. The van der Waals surface area contributed by atoms with Gasteiger partial charge >= 0.3 is 0 Å². The van der Waals surface area contributed by atoms with Crippen molar-refractivity contribution in [3.05, 3.63) is 35.4 Å². The molecule has 3 rings (SSSR count). The number of carbonyl (C=O) groups is 1. The maximum atomic E-state index is 12.7. The van der Waals surface area contributed by atoms with E-state index in [0.717, 1.165) is 38.3 Å². The van der Waals surface area contributed by atoms with Gasteiger partial charge in [0, 0.05) is 44.3 Å². The van der Waals surface area contributed by atoms with Crippen LogP contribution in [0.1, 0.15) is 55.5 Å². The van der Waals surface area contributed by atoms with E-state index in [4.69, 9.17) is 0 Å². The lowest BCUT2D eigenvalue weighted by Gasteiger charge is -2.37. The van der Waals surface area contributed by atoms with Crippen LogP contribution in [0.3, 0.4) is 0 Å². The third-order valence-electron chi connectivity index (χ3n) is 5.64. The maximum absolute atomic E-state index is 12.7. The van der Waals surface area contributed by atoms with Crippen LogP contribution in [-0.4, -0.2) is 65.9 Å². The van der Waals surface area contributed by atoms with Gasteiger partial charge in [0.05, 0.1) is 0 Å². The summed E-state index contributed by atoms with van der Waals surface area (Å²) < 4.78 is 0. The van der Waals surface area contributed by atoms with Crippen molar-refractivity contribution < 1.29 is 4.79 Å². The molecule has 1 amide bonds. The normalized spacial score (nSPS) is 20.7. The smallest absolute Gasteiger partial charge is 0.253 e. The largest absolute Gasteiger partial charge is 0.336 e. The monoisotopic (exact) mass is 343 g/mol. The Morgan fingerprint density at radius 2 is 1.48 bits per heavy atom. The van der Waals surface area contributed by atoms with Gasteiger partial charge in [-0.15, -0.1) is 0 Å². The van der Waals surface area contributed by atoms with E-state index < -0.39 is 0 Å².